The van der Waals surface area contributed by atoms with Gasteiger partial charge < -0.3 is 26.0 Å². The molecule has 1 fully saturated rings. The van der Waals surface area contributed by atoms with Gasteiger partial charge in [0.2, 0.25) is 0 Å². The maximum absolute atomic E-state index is 10.8. The van der Waals surface area contributed by atoms with E-state index in [1.165, 1.54) is 0 Å². The number of nitrogens with two attached hydrogens (primary N) is 1. The quantitative estimate of drug-likeness (QED) is 0.264. The Labute approximate surface area is 205 Å². The second kappa shape index (κ2) is 12.6. The van der Waals surface area contributed by atoms with Crippen LogP contribution in [0.2, 0.25) is 5.02 Å². The van der Waals surface area contributed by atoms with Crippen LogP contribution < -0.4 is 26.0 Å². The summed E-state index contributed by atoms with van der Waals surface area (Å²) in [4.78, 5) is 17.4. The van der Waals surface area contributed by atoms with E-state index in [9.17, 15) is 4.79 Å². The number of amides is 1. The fraction of sp³-hybridized carbons (Fsp3) is 0.364. The van der Waals surface area contributed by atoms with Crippen molar-refractivity contribution >= 4 is 53.1 Å². The average molecular weight is 558 g/mol. The number of guanidine groups is 1. The smallest absolute Gasteiger partial charge is 0.255 e. The Morgan fingerprint density at radius 1 is 1.29 bits per heavy atom. The van der Waals surface area contributed by atoms with Gasteiger partial charge in [-0.15, -0.1) is 24.0 Å². The molecule has 9 heteroatoms. The molecule has 2 aromatic rings. The number of nitrogens with zero attached hydrogens (tertiary/aromatic N) is 2. The van der Waals surface area contributed by atoms with Crippen molar-refractivity contribution in [3.63, 3.8) is 0 Å². The predicted molar refractivity (Wildman–Crippen MR) is 137 cm³/mol. The van der Waals surface area contributed by atoms with Crippen LogP contribution >= 0.6 is 35.6 Å². The van der Waals surface area contributed by atoms with Crippen molar-refractivity contribution in [2.24, 2.45) is 10.7 Å². The van der Waals surface area contributed by atoms with Gasteiger partial charge >= 0.3 is 0 Å². The van der Waals surface area contributed by atoms with Gasteiger partial charge in [-0.25, -0.2) is 0 Å². The summed E-state index contributed by atoms with van der Waals surface area (Å²) in [6.45, 7) is 2.54. The average Bonchev–Trinajstić information content (AvgIpc) is 3.21. The molecule has 2 aromatic carbocycles. The molecule has 1 heterocycles. The number of carbonyl (C=O) groups excluding carboxylic acids is 1. The summed E-state index contributed by atoms with van der Waals surface area (Å²) in [6, 6.07) is 15.9. The Kier molecular flexibility index (Phi) is 10.2. The van der Waals surface area contributed by atoms with Crippen molar-refractivity contribution in [1.82, 2.24) is 10.6 Å². The highest BCUT2D eigenvalue weighted by atomic mass is 127. The fourth-order valence-corrected chi connectivity index (χ4v) is 3.59. The van der Waals surface area contributed by atoms with Crippen molar-refractivity contribution in [1.29, 1.82) is 0 Å². The Morgan fingerprint density at radius 2 is 2.06 bits per heavy atom. The number of benzene rings is 2. The molecule has 7 nitrogen and oxygen atoms in total. The first-order valence-corrected chi connectivity index (χ1v) is 10.4. The molecular formula is C22H29ClIN5O2. The number of hydrogen-bond acceptors (Lipinski definition) is 4. The number of ether oxygens (including phenoxy) is 1. The van der Waals surface area contributed by atoms with E-state index in [-0.39, 0.29) is 30.6 Å². The summed E-state index contributed by atoms with van der Waals surface area (Å²) < 4.78 is 5.27. The molecule has 0 spiro atoms. The molecule has 3 rings (SSSR count). The molecule has 168 valence electrons. The topological polar surface area (TPSA) is 92.0 Å². The summed E-state index contributed by atoms with van der Waals surface area (Å²) >= 11 is 6.11. The maximum Gasteiger partial charge on any atom is 0.255 e. The van der Waals surface area contributed by atoms with E-state index in [0.717, 1.165) is 54.7 Å². The van der Waals surface area contributed by atoms with E-state index < -0.39 is 5.91 Å². The molecule has 0 saturated carbocycles. The molecule has 1 aliphatic heterocycles. The van der Waals surface area contributed by atoms with E-state index in [4.69, 9.17) is 22.1 Å². The number of hydrogen-bond donors (Lipinski definition) is 3. The highest BCUT2D eigenvalue weighted by molar-refractivity contribution is 14.0. The predicted octanol–water partition coefficient (Wildman–Crippen LogP) is 2.81. The number of aliphatic imine (C=N–C) groups is 1. The SMILES string of the molecule is CN=C(NCCc1ccc(OCC(N)=O)cc1)NC1CCN(c2cccc(Cl)c2)C1.I. The lowest BCUT2D eigenvalue weighted by Crippen LogP contribution is -2.45. The third kappa shape index (κ3) is 8.10. The zero-order valence-electron chi connectivity index (χ0n) is 17.5. The standard InChI is InChI=1S/C22H28ClN5O2.HI/c1-25-22(26-11-9-16-5-7-20(8-6-16)30-15-21(24)29)27-18-10-12-28(14-18)19-4-2-3-17(23)13-19;/h2-8,13,18H,9-12,14-15H2,1H3,(H2,24,29)(H2,25,26,27);1H. The molecule has 0 bridgehead atoms. The van der Waals surface area contributed by atoms with E-state index in [2.05, 4.69) is 26.6 Å². The third-order valence-electron chi connectivity index (χ3n) is 4.94. The Morgan fingerprint density at radius 3 is 2.74 bits per heavy atom. The minimum atomic E-state index is -0.486. The molecule has 1 atom stereocenters. The molecule has 1 aliphatic rings. The maximum atomic E-state index is 10.8. The van der Waals surface area contributed by atoms with Crippen LogP contribution in [0.25, 0.3) is 0 Å². The van der Waals surface area contributed by atoms with E-state index in [0.29, 0.717) is 11.8 Å². The Bertz CT molecular complexity index is 878. The number of carbonyl (C=O) groups is 1. The van der Waals surface area contributed by atoms with Crippen LogP contribution in [0.4, 0.5) is 5.69 Å². The van der Waals surface area contributed by atoms with Gasteiger partial charge in [0, 0.05) is 43.4 Å². The van der Waals surface area contributed by atoms with E-state index in [1.54, 1.807) is 7.05 Å². The second-order valence-electron chi connectivity index (χ2n) is 7.20. The molecule has 1 amide bonds. The lowest BCUT2D eigenvalue weighted by molar-refractivity contribution is -0.119. The molecule has 0 aliphatic carbocycles. The number of rotatable bonds is 8. The first kappa shape index (κ1) is 25.1. The first-order chi connectivity index (χ1) is 14.5. The van der Waals surface area contributed by atoms with Crippen LogP contribution in [-0.2, 0) is 11.2 Å². The van der Waals surface area contributed by atoms with Crippen LogP contribution in [0.1, 0.15) is 12.0 Å². The van der Waals surface area contributed by atoms with Crippen LogP contribution in [-0.4, -0.2) is 51.2 Å². The van der Waals surface area contributed by atoms with Gasteiger partial charge in [-0.1, -0.05) is 29.8 Å². The van der Waals surface area contributed by atoms with E-state index in [1.807, 2.05) is 42.5 Å². The van der Waals surface area contributed by atoms with Crippen LogP contribution in [0.3, 0.4) is 0 Å². The second-order valence-corrected chi connectivity index (χ2v) is 7.64. The lowest BCUT2D eigenvalue weighted by Gasteiger charge is -2.20. The minimum Gasteiger partial charge on any atom is -0.484 e. The molecule has 1 unspecified atom stereocenters. The zero-order chi connectivity index (χ0) is 21.3. The summed E-state index contributed by atoms with van der Waals surface area (Å²) in [7, 11) is 1.78. The molecular weight excluding hydrogens is 529 g/mol. The van der Waals surface area contributed by atoms with Gasteiger partial charge in [0.05, 0.1) is 0 Å². The van der Waals surface area contributed by atoms with Gasteiger partial charge in [0.25, 0.3) is 5.91 Å². The highest BCUT2D eigenvalue weighted by Crippen LogP contribution is 2.23. The van der Waals surface area contributed by atoms with Crippen molar-refractivity contribution < 1.29 is 9.53 Å². The van der Waals surface area contributed by atoms with Crippen LogP contribution in [0.15, 0.2) is 53.5 Å². The first-order valence-electron chi connectivity index (χ1n) is 10.0. The van der Waals surface area contributed by atoms with Gasteiger partial charge in [0.1, 0.15) is 5.75 Å². The number of anilines is 1. The largest absolute Gasteiger partial charge is 0.484 e. The Hall–Kier alpha value is -2.20. The Balaban J connectivity index is 0.00000341. The minimum absolute atomic E-state index is 0. The lowest BCUT2D eigenvalue weighted by atomic mass is 10.1. The molecule has 4 N–H and O–H groups in total. The number of primary amides is 1. The van der Waals surface area contributed by atoms with Crippen molar-refractivity contribution in [3.8, 4) is 5.75 Å². The summed E-state index contributed by atoms with van der Waals surface area (Å²) in [5, 5.41) is 7.63. The fourth-order valence-electron chi connectivity index (χ4n) is 3.41. The monoisotopic (exact) mass is 557 g/mol. The van der Waals surface area contributed by atoms with Gasteiger partial charge in [0.15, 0.2) is 12.6 Å². The zero-order valence-corrected chi connectivity index (χ0v) is 20.6. The van der Waals surface area contributed by atoms with Crippen molar-refractivity contribution in [2.45, 2.75) is 18.9 Å². The normalized spacial score (nSPS) is 15.9. The molecule has 0 aromatic heterocycles. The van der Waals surface area contributed by atoms with Gasteiger partial charge in [-0.2, -0.15) is 0 Å². The van der Waals surface area contributed by atoms with Gasteiger partial charge in [-0.3, -0.25) is 9.79 Å². The number of halogens is 2. The van der Waals surface area contributed by atoms with Crippen molar-refractivity contribution in [2.75, 3.05) is 38.2 Å². The van der Waals surface area contributed by atoms with Crippen LogP contribution in [0, 0.1) is 0 Å². The van der Waals surface area contributed by atoms with E-state index >= 15 is 0 Å². The van der Waals surface area contributed by atoms with Gasteiger partial charge in [-0.05, 0) is 48.7 Å². The molecule has 1 saturated heterocycles. The molecule has 31 heavy (non-hydrogen) atoms. The van der Waals surface area contributed by atoms with Crippen molar-refractivity contribution in [3.05, 3.63) is 59.1 Å². The summed E-state index contributed by atoms with van der Waals surface area (Å²) in [5.41, 5.74) is 7.40. The summed E-state index contributed by atoms with van der Waals surface area (Å²) in [6.07, 6.45) is 1.89. The highest BCUT2D eigenvalue weighted by Gasteiger charge is 2.23. The third-order valence-corrected chi connectivity index (χ3v) is 5.17. The number of nitrogens with one attached hydrogen (secondary N) is 2. The summed E-state index contributed by atoms with van der Waals surface area (Å²) in [5.74, 6) is 0.947. The molecule has 0 radical (unpaired) electrons. The van der Waals surface area contributed by atoms with Crippen LogP contribution in [0.5, 0.6) is 5.75 Å².